The highest BCUT2D eigenvalue weighted by atomic mass is 19.4. The van der Waals surface area contributed by atoms with Gasteiger partial charge in [-0.3, -0.25) is 4.79 Å². The summed E-state index contributed by atoms with van der Waals surface area (Å²) in [5.74, 6) is -1.48. The van der Waals surface area contributed by atoms with Crippen molar-refractivity contribution in [1.82, 2.24) is 4.98 Å². The van der Waals surface area contributed by atoms with Crippen molar-refractivity contribution in [3.8, 4) is 11.3 Å². The standard InChI is InChI=1S/C19H15F3N2O2/c1-11-5-3-4-6-15(11)17(25)24-14-9-7-13(8-10-14)16-12(2)23-18(26-16)19(20,21)22/h3-10H,1-2H3,(H,24,25). The van der Waals surface area contributed by atoms with Crippen LogP contribution in [-0.2, 0) is 6.18 Å². The predicted octanol–water partition coefficient (Wildman–Crippen LogP) is 5.23. The number of halogens is 3. The van der Waals surface area contributed by atoms with Crippen molar-refractivity contribution in [3.63, 3.8) is 0 Å². The van der Waals surface area contributed by atoms with Crippen LogP contribution in [0, 0.1) is 13.8 Å². The molecule has 0 aliphatic heterocycles. The van der Waals surface area contributed by atoms with Gasteiger partial charge in [0.05, 0.1) is 5.69 Å². The number of hydrogen-bond acceptors (Lipinski definition) is 3. The monoisotopic (exact) mass is 360 g/mol. The first kappa shape index (κ1) is 17.7. The van der Waals surface area contributed by atoms with E-state index in [1.54, 1.807) is 36.4 Å². The quantitative estimate of drug-likeness (QED) is 0.696. The molecule has 0 radical (unpaired) electrons. The molecule has 1 aromatic heterocycles. The first-order chi connectivity index (χ1) is 12.3. The SMILES string of the molecule is Cc1ccccc1C(=O)Nc1ccc(-c2oc(C(F)(F)F)nc2C)cc1. The Balaban J connectivity index is 1.80. The number of nitrogens with one attached hydrogen (secondary N) is 1. The van der Waals surface area contributed by atoms with Crippen molar-refractivity contribution in [2.24, 2.45) is 0 Å². The van der Waals surface area contributed by atoms with Gasteiger partial charge in [-0.05, 0) is 49.7 Å². The molecule has 3 rings (SSSR count). The molecule has 0 unspecified atom stereocenters. The number of carbonyl (C=O) groups is 1. The summed E-state index contributed by atoms with van der Waals surface area (Å²) in [5.41, 5.74) is 2.51. The molecule has 2 aromatic carbocycles. The third-order valence-electron chi connectivity index (χ3n) is 3.83. The van der Waals surface area contributed by atoms with Crippen molar-refractivity contribution in [1.29, 1.82) is 0 Å². The molecule has 0 atom stereocenters. The lowest BCUT2D eigenvalue weighted by atomic mass is 10.1. The molecule has 0 saturated carbocycles. The zero-order chi connectivity index (χ0) is 18.9. The van der Waals surface area contributed by atoms with Gasteiger partial charge in [0.1, 0.15) is 0 Å². The van der Waals surface area contributed by atoms with Gasteiger partial charge in [-0.1, -0.05) is 18.2 Å². The average Bonchev–Trinajstić information content (AvgIpc) is 2.98. The van der Waals surface area contributed by atoms with Crippen molar-refractivity contribution < 1.29 is 22.4 Å². The molecular formula is C19H15F3N2O2. The summed E-state index contributed by atoms with van der Waals surface area (Å²) in [7, 11) is 0. The fraction of sp³-hybridized carbons (Fsp3) is 0.158. The molecule has 0 aliphatic carbocycles. The Labute approximate surface area is 147 Å². The number of oxazole rings is 1. The van der Waals surface area contributed by atoms with Gasteiger partial charge in [-0.15, -0.1) is 0 Å². The Morgan fingerprint density at radius 1 is 1.04 bits per heavy atom. The third kappa shape index (κ3) is 3.61. The van der Waals surface area contributed by atoms with E-state index < -0.39 is 12.1 Å². The maximum atomic E-state index is 12.7. The summed E-state index contributed by atoms with van der Waals surface area (Å²) in [5, 5.41) is 2.76. The number of hydrogen-bond donors (Lipinski definition) is 1. The highest BCUT2D eigenvalue weighted by molar-refractivity contribution is 6.05. The fourth-order valence-electron chi connectivity index (χ4n) is 2.52. The largest absolute Gasteiger partial charge is 0.468 e. The Morgan fingerprint density at radius 2 is 1.69 bits per heavy atom. The smallest absolute Gasteiger partial charge is 0.433 e. The van der Waals surface area contributed by atoms with Crippen LogP contribution in [0.25, 0.3) is 11.3 Å². The summed E-state index contributed by atoms with van der Waals surface area (Å²) in [4.78, 5) is 15.7. The van der Waals surface area contributed by atoms with E-state index in [1.807, 2.05) is 19.1 Å². The van der Waals surface area contributed by atoms with E-state index in [2.05, 4.69) is 10.3 Å². The lowest BCUT2D eigenvalue weighted by Crippen LogP contribution is -2.13. The summed E-state index contributed by atoms with van der Waals surface area (Å²) in [6.45, 7) is 3.28. The molecule has 3 aromatic rings. The second-order valence-corrected chi connectivity index (χ2v) is 5.78. The van der Waals surface area contributed by atoms with Gasteiger partial charge in [0.2, 0.25) is 0 Å². The number of rotatable bonds is 3. The number of benzene rings is 2. The minimum atomic E-state index is -4.63. The number of anilines is 1. The van der Waals surface area contributed by atoms with Crippen molar-refractivity contribution in [3.05, 3.63) is 71.2 Å². The molecule has 0 saturated heterocycles. The van der Waals surface area contributed by atoms with Crippen LogP contribution in [-0.4, -0.2) is 10.9 Å². The summed E-state index contributed by atoms with van der Waals surface area (Å²) >= 11 is 0. The highest BCUT2D eigenvalue weighted by Gasteiger charge is 2.38. The zero-order valence-corrected chi connectivity index (χ0v) is 14.0. The number of aromatic nitrogens is 1. The maximum absolute atomic E-state index is 12.7. The van der Waals surface area contributed by atoms with Gasteiger partial charge in [0.25, 0.3) is 5.91 Å². The van der Waals surface area contributed by atoms with Gasteiger partial charge in [0, 0.05) is 16.8 Å². The molecule has 0 aliphatic rings. The lowest BCUT2D eigenvalue weighted by molar-refractivity contribution is -0.156. The Kier molecular flexibility index (Phi) is 4.54. The number of nitrogens with zero attached hydrogens (tertiary/aromatic N) is 1. The number of aryl methyl sites for hydroxylation is 2. The van der Waals surface area contributed by atoms with E-state index in [9.17, 15) is 18.0 Å². The first-order valence-corrected chi connectivity index (χ1v) is 7.78. The number of carbonyl (C=O) groups excluding carboxylic acids is 1. The second-order valence-electron chi connectivity index (χ2n) is 5.78. The van der Waals surface area contributed by atoms with Gasteiger partial charge in [-0.2, -0.15) is 13.2 Å². The normalized spacial score (nSPS) is 11.4. The van der Waals surface area contributed by atoms with Gasteiger partial charge in [0.15, 0.2) is 5.76 Å². The number of alkyl halides is 3. The summed E-state index contributed by atoms with van der Waals surface area (Å²) in [6.07, 6.45) is -4.63. The molecule has 1 N–H and O–H groups in total. The average molecular weight is 360 g/mol. The van der Waals surface area contributed by atoms with Crippen molar-refractivity contribution in [2.45, 2.75) is 20.0 Å². The van der Waals surface area contributed by atoms with E-state index in [-0.39, 0.29) is 17.4 Å². The maximum Gasteiger partial charge on any atom is 0.468 e. The predicted molar refractivity (Wildman–Crippen MR) is 90.8 cm³/mol. The lowest BCUT2D eigenvalue weighted by Gasteiger charge is -2.08. The van der Waals surface area contributed by atoms with Crippen LogP contribution < -0.4 is 5.32 Å². The zero-order valence-electron chi connectivity index (χ0n) is 14.0. The fourth-order valence-corrected chi connectivity index (χ4v) is 2.52. The second kappa shape index (κ2) is 6.67. The molecule has 0 fully saturated rings. The summed E-state index contributed by atoms with van der Waals surface area (Å²) in [6, 6.07) is 13.5. The molecule has 0 bridgehead atoms. The minimum absolute atomic E-state index is 0.0501. The molecular weight excluding hydrogens is 345 g/mol. The van der Waals surface area contributed by atoms with Gasteiger partial charge < -0.3 is 9.73 Å². The first-order valence-electron chi connectivity index (χ1n) is 7.78. The van der Waals surface area contributed by atoms with Crippen LogP contribution in [0.15, 0.2) is 52.9 Å². The third-order valence-corrected chi connectivity index (χ3v) is 3.83. The van der Waals surface area contributed by atoms with Crippen LogP contribution in [0.4, 0.5) is 18.9 Å². The molecule has 7 heteroatoms. The minimum Gasteiger partial charge on any atom is -0.433 e. The van der Waals surface area contributed by atoms with E-state index in [1.165, 1.54) is 6.92 Å². The van der Waals surface area contributed by atoms with Crippen LogP contribution >= 0.6 is 0 Å². The van der Waals surface area contributed by atoms with E-state index in [4.69, 9.17) is 4.42 Å². The van der Waals surface area contributed by atoms with Gasteiger partial charge in [-0.25, -0.2) is 4.98 Å². The van der Waals surface area contributed by atoms with Crippen LogP contribution in [0.3, 0.4) is 0 Å². The van der Waals surface area contributed by atoms with E-state index in [0.29, 0.717) is 16.8 Å². The highest BCUT2D eigenvalue weighted by Crippen LogP contribution is 2.34. The van der Waals surface area contributed by atoms with Crippen molar-refractivity contribution in [2.75, 3.05) is 5.32 Å². The van der Waals surface area contributed by atoms with Crippen LogP contribution in [0.1, 0.15) is 27.5 Å². The van der Waals surface area contributed by atoms with Crippen molar-refractivity contribution >= 4 is 11.6 Å². The summed E-state index contributed by atoms with van der Waals surface area (Å²) < 4.78 is 42.9. The molecule has 4 nitrogen and oxygen atoms in total. The molecule has 1 amide bonds. The van der Waals surface area contributed by atoms with Crippen LogP contribution in [0.5, 0.6) is 0 Å². The van der Waals surface area contributed by atoms with E-state index in [0.717, 1.165) is 5.56 Å². The van der Waals surface area contributed by atoms with E-state index >= 15 is 0 Å². The molecule has 26 heavy (non-hydrogen) atoms. The Bertz CT molecular complexity index is 944. The van der Waals surface area contributed by atoms with Crippen LogP contribution in [0.2, 0.25) is 0 Å². The molecule has 1 heterocycles. The van der Waals surface area contributed by atoms with Gasteiger partial charge >= 0.3 is 12.1 Å². The topological polar surface area (TPSA) is 55.1 Å². The Morgan fingerprint density at radius 3 is 2.27 bits per heavy atom. The number of amides is 1. The molecule has 0 spiro atoms. The Hall–Kier alpha value is -3.09. The molecule has 134 valence electrons.